The predicted octanol–water partition coefficient (Wildman–Crippen LogP) is 14.6. The number of hydrogen-bond acceptors (Lipinski definition) is 18. The highest BCUT2D eigenvalue weighted by Gasteiger charge is 2.29. The van der Waals surface area contributed by atoms with Gasteiger partial charge in [-0.2, -0.15) is 8.42 Å². The van der Waals surface area contributed by atoms with E-state index in [0.717, 1.165) is 135 Å². The van der Waals surface area contributed by atoms with Crippen molar-refractivity contribution in [1.29, 1.82) is 0 Å². The monoisotopic (exact) mass is 1270 g/mol. The molecule has 19 heteroatoms. The SMILES string of the molecule is COc1c2cc(c(O)c1OC)CCCCC(OS(C)(=O)=O)CCc1ccc(O)c-2c1.COc1c2cc(c(OC(C)=O)c1OC)CCCCC(C)CCc1ccc(O)c-2c1.COc1c2cc(c(OC(C)=O)c1OC)CCCCC(C)CCc1ccc(OC(C)=O)c-2c1. The van der Waals surface area contributed by atoms with Crippen molar-refractivity contribution >= 4 is 28.0 Å². The van der Waals surface area contributed by atoms with Crippen molar-refractivity contribution in [2.75, 3.05) is 48.9 Å². The number of hydrogen-bond donors (Lipinski definition) is 3. The average Bonchev–Trinajstić information content (AvgIpc) is 1.18. The predicted molar refractivity (Wildman–Crippen MR) is 350 cm³/mol. The van der Waals surface area contributed by atoms with Gasteiger partial charge in [0.05, 0.1) is 55.0 Å². The number of carbonyl (C=O) groups excluding carboxylic acids is 3. The lowest BCUT2D eigenvalue weighted by molar-refractivity contribution is -0.133. The van der Waals surface area contributed by atoms with Gasteiger partial charge >= 0.3 is 17.9 Å². The highest BCUT2D eigenvalue weighted by atomic mass is 32.2. The first kappa shape index (κ1) is 70.3. The zero-order valence-electron chi connectivity index (χ0n) is 54.8. The molecule has 0 fully saturated rings. The molecule has 3 N–H and O–H groups in total. The van der Waals surface area contributed by atoms with Gasteiger partial charge < -0.3 is 58.0 Å². The summed E-state index contributed by atoms with van der Waals surface area (Å²) in [4.78, 5) is 35.4. The number of esters is 3. The van der Waals surface area contributed by atoms with Gasteiger partial charge in [-0.15, -0.1) is 0 Å². The van der Waals surface area contributed by atoms with E-state index in [9.17, 15) is 38.1 Å². The van der Waals surface area contributed by atoms with Crippen LogP contribution in [0.15, 0.2) is 72.8 Å². The van der Waals surface area contributed by atoms with E-state index >= 15 is 0 Å². The number of ether oxygens (including phenoxy) is 9. The number of fused-ring (bicyclic) bond motifs is 15. The van der Waals surface area contributed by atoms with E-state index in [2.05, 4.69) is 19.9 Å². The molecular formula is C72H90O18S. The van der Waals surface area contributed by atoms with Gasteiger partial charge in [-0.25, -0.2) is 0 Å². The molecule has 0 saturated heterocycles. The van der Waals surface area contributed by atoms with E-state index in [0.29, 0.717) is 106 Å². The normalized spacial score (nSPS) is 16.7. The molecule has 0 aliphatic heterocycles. The third-order valence-corrected chi connectivity index (χ3v) is 17.4. The number of rotatable bonds is 11. The Morgan fingerprint density at radius 3 is 1.20 bits per heavy atom. The number of phenolic OH excluding ortho intramolecular Hbond substituents is 3. The Bertz CT molecular complexity index is 3650. The third-order valence-electron chi connectivity index (χ3n) is 16.8. The van der Waals surface area contributed by atoms with Crippen molar-refractivity contribution in [1.82, 2.24) is 0 Å². The van der Waals surface area contributed by atoms with Gasteiger partial charge in [0.2, 0.25) is 17.2 Å². The molecule has 18 nitrogen and oxygen atoms in total. The van der Waals surface area contributed by atoms with Crippen LogP contribution in [0.4, 0.5) is 0 Å². The molecule has 3 aliphatic rings. The summed E-state index contributed by atoms with van der Waals surface area (Å²) in [7, 11) is 5.55. The van der Waals surface area contributed by atoms with Crippen LogP contribution in [0.5, 0.6) is 69.0 Å². The summed E-state index contributed by atoms with van der Waals surface area (Å²) in [6.07, 6.45) is 16.4. The summed E-state index contributed by atoms with van der Waals surface area (Å²) in [5.74, 6) is 3.71. The molecule has 9 rings (SSSR count). The molecule has 0 amide bonds. The minimum Gasteiger partial charge on any atom is -0.507 e. The first-order valence-corrected chi connectivity index (χ1v) is 33.1. The molecule has 0 saturated carbocycles. The standard InChI is InChI=1S/C26H32O6.C24H30O5.C22H28O7S/c1-16-8-6-7-9-20-15-22(25(29-4)26(30-5)24(20)32-18(3)28)21-14-19(11-10-16)12-13-23(21)31-17(2)27;1-15-7-5-6-8-18-14-20(19-13-17(10-9-15)11-12-21(19)26)23(27-3)24(28-4)22(18)29-16(2)25;1-27-21-18-13-15(20(24)22(21)28-2)6-4-5-7-16(29-30(3,25)26)10-8-14-9-11-19(23)17(18)12-14/h12-16H,6-11H2,1-5H3;11-15,26H,5-10H2,1-4H3;9,11-13,16,23-24H,4-8,10H2,1-3H3. The number of aromatic hydroxyl groups is 3. The summed E-state index contributed by atoms with van der Waals surface area (Å²) in [5, 5.41) is 31.9. The van der Waals surface area contributed by atoms with Crippen LogP contribution in [0.25, 0.3) is 33.4 Å². The molecule has 492 valence electrons. The fraction of sp³-hybridized carbons (Fsp3) is 0.458. The van der Waals surface area contributed by atoms with Gasteiger partial charge in [0.25, 0.3) is 10.1 Å². The van der Waals surface area contributed by atoms with E-state index in [-0.39, 0.29) is 23.0 Å². The molecule has 3 unspecified atom stereocenters. The van der Waals surface area contributed by atoms with Gasteiger partial charge in [-0.3, -0.25) is 18.6 Å². The minimum atomic E-state index is -3.56. The smallest absolute Gasteiger partial charge is 0.308 e. The number of phenols is 3. The van der Waals surface area contributed by atoms with Crippen molar-refractivity contribution in [3.8, 4) is 102 Å². The van der Waals surface area contributed by atoms with E-state index in [4.69, 9.17) is 46.8 Å². The van der Waals surface area contributed by atoms with Crippen LogP contribution in [-0.2, 0) is 67.2 Å². The van der Waals surface area contributed by atoms with Crippen LogP contribution >= 0.6 is 0 Å². The first-order chi connectivity index (χ1) is 43.5. The Morgan fingerprint density at radius 1 is 0.396 bits per heavy atom. The number of carbonyl (C=O) groups is 3. The fourth-order valence-corrected chi connectivity index (χ4v) is 12.9. The largest absolute Gasteiger partial charge is 0.507 e. The Labute approximate surface area is 536 Å². The van der Waals surface area contributed by atoms with Crippen LogP contribution in [0, 0.1) is 11.8 Å². The van der Waals surface area contributed by atoms with Crippen molar-refractivity contribution in [3.05, 3.63) is 106 Å². The zero-order valence-corrected chi connectivity index (χ0v) is 55.6. The van der Waals surface area contributed by atoms with Crippen LogP contribution in [0.1, 0.15) is 145 Å². The molecule has 0 aromatic heterocycles. The molecular weight excluding hydrogens is 1180 g/mol. The summed E-state index contributed by atoms with van der Waals surface area (Å²) in [5.41, 5.74) is 9.78. The van der Waals surface area contributed by atoms with Crippen LogP contribution in [-0.4, -0.2) is 96.7 Å². The van der Waals surface area contributed by atoms with Crippen molar-refractivity contribution < 1.29 is 84.9 Å². The second-order valence-corrected chi connectivity index (χ2v) is 25.4. The van der Waals surface area contributed by atoms with Crippen LogP contribution in [0.3, 0.4) is 0 Å². The summed E-state index contributed by atoms with van der Waals surface area (Å²) in [6.45, 7) is 8.70. The molecule has 3 aliphatic carbocycles. The maximum Gasteiger partial charge on any atom is 0.308 e. The van der Waals surface area contributed by atoms with Crippen molar-refractivity contribution in [3.63, 3.8) is 0 Å². The molecule has 3 atom stereocenters. The molecule has 91 heavy (non-hydrogen) atoms. The minimum absolute atomic E-state index is 0.00699. The fourth-order valence-electron chi connectivity index (χ4n) is 12.2. The Hall–Kier alpha value is -8.16. The van der Waals surface area contributed by atoms with E-state index in [1.807, 2.05) is 48.5 Å². The average molecular weight is 1280 g/mol. The lowest BCUT2D eigenvalue weighted by Crippen LogP contribution is -2.18. The molecule has 0 spiro atoms. The molecule has 6 aromatic rings. The highest BCUT2D eigenvalue weighted by Crippen LogP contribution is 2.53. The number of methoxy groups -OCH3 is 6. The number of benzene rings is 6. The second-order valence-electron chi connectivity index (χ2n) is 23.8. The van der Waals surface area contributed by atoms with Crippen LogP contribution in [0.2, 0.25) is 0 Å². The van der Waals surface area contributed by atoms with Gasteiger partial charge in [0.15, 0.2) is 34.5 Å². The second kappa shape index (κ2) is 32.7. The van der Waals surface area contributed by atoms with Crippen LogP contribution < -0.4 is 42.6 Å². The maximum atomic E-state index is 11.9. The highest BCUT2D eigenvalue weighted by molar-refractivity contribution is 7.86. The summed E-state index contributed by atoms with van der Waals surface area (Å²) < 4.78 is 78.9. The lowest BCUT2D eigenvalue weighted by Gasteiger charge is -2.21. The zero-order chi connectivity index (χ0) is 66.1. The van der Waals surface area contributed by atoms with E-state index < -0.39 is 34.1 Å². The van der Waals surface area contributed by atoms with Gasteiger partial charge in [-0.1, -0.05) is 64.2 Å². The Kier molecular flexibility index (Phi) is 25.3. The lowest BCUT2D eigenvalue weighted by atomic mass is 9.94. The van der Waals surface area contributed by atoms with E-state index in [1.165, 1.54) is 54.8 Å². The molecule has 6 aromatic carbocycles. The molecule has 12 bridgehead atoms. The Balaban J connectivity index is 0.000000194. The molecule has 0 radical (unpaired) electrons. The quantitative estimate of drug-likeness (QED) is 0.0621. The number of aryl methyl sites for hydroxylation is 6. The van der Waals surface area contributed by atoms with Gasteiger partial charge in [-0.05, 0) is 183 Å². The maximum absolute atomic E-state index is 11.9. The van der Waals surface area contributed by atoms with Gasteiger partial charge in [0.1, 0.15) is 17.2 Å². The Morgan fingerprint density at radius 2 is 0.769 bits per heavy atom. The summed E-state index contributed by atoms with van der Waals surface area (Å²) >= 11 is 0. The first-order valence-electron chi connectivity index (χ1n) is 31.2. The van der Waals surface area contributed by atoms with Crippen molar-refractivity contribution in [2.24, 2.45) is 11.8 Å². The van der Waals surface area contributed by atoms with E-state index in [1.54, 1.807) is 32.4 Å². The molecule has 0 heterocycles. The summed E-state index contributed by atoms with van der Waals surface area (Å²) in [6, 6.07) is 22.6. The van der Waals surface area contributed by atoms with Crippen molar-refractivity contribution in [2.45, 2.75) is 156 Å². The van der Waals surface area contributed by atoms with Gasteiger partial charge in [0, 0.05) is 54.2 Å². The third kappa shape index (κ3) is 18.5. The topological polar surface area (TPSA) is 238 Å².